The minimum atomic E-state index is -6.19. The fraction of sp³-hybridized carbons (Fsp3) is 0.433. The number of carbonyl (C=O) groups excluding carboxylic acids is 1. The average molecular weight is 719 g/mol. The van der Waals surface area contributed by atoms with Gasteiger partial charge in [-0.2, -0.15) is 26.7 Å². The van der Waals surface area contributed by atoms with Crippen LogP contribution in [0.2, 0.25) is 0 Å². The molecule has 2 atom stereocenters. The molecule has 0 radical (unpaired) electrons. The number of thiophene rings is 1. The van der Waals surface area contributed by atoms with E-state index in [9.17, 15) is 30.8 Å². The Morgan fingerprint density at radius 2 is 1.79 bits per heavy atom. The number of rotatable bonds is 8. The molecule has 1 aromatic carbocycles. The lowest BCUT2D eigenvalue weighted by molar-refractivity contribution is -0.0500. The second-order valence-electron chi connectivity index (χ2n) is 11.9. The molecule has 1 aliphatic heterocycles. The van der Waals surface area contributed by atoms with Crippen molar-refractivity contribution < 1.29 is 53.6 Å². The van der Waals surface area contributed by atoms with Crippen molar-refractivity contribution in [2.45, 2.75) is 57.8 Å². The molecule has 11 nitrogen and oxygen atoms in total. The molecule has 5 rings (SSSR count). The molecule has 48 heavy (non-hydrogen) atoms. The van der Waals surface area contributed by atoms with Gasteiger partial charge < -0.3 is 18.4 Å². The Kier molecular flexibility index (Phi) is 9.39. The van der Waals surface area contributed by atoms with Crippen LogP contribution in [0.1, 0.15) is 52.4 Å². The standard InChI is InChI=1S/C30H31F5N4O7S2/c1-15-14-38(28(40)45-29(3,4)5)16(2)21-13-20(37-39(15)21)25-24(23-19(32)11-17(31)12-22(23)44-9-8-43-6)26-18(7-10-47-26)27(36-25)46-48(41,42)30(33,34)35/h7,10-13,15-16H,8-9,14H2,1-6H3/t15-,16+/m0/s1. The van der Waals surface area contributed by atoms with Crippen molar-refractivity contribution >= 4 is 37.6 Å². The summed E-state index contributed by atoms with van der Waals surface area (Å²) in [6.45, 7) is 8.76. The van der Waals surface area contributed by atoms with Crippen molar-refractivity contribution in [3.63, 3.8) is 0 Å². The number of alkyl halides is 3. The number of hydrogen-bond donors (Lipinski definition) is 0. The van der Waals surface area contributed by atoms with E-state index in [-0.39, 0.29) is 58.1 Å². The van der Waals surface area contributed by atoms with Gasteiger partial charge in [-0.15, -0.1) is 11.3 Å². The molecule has 0 spiro atoms. The lowest BCUT2D eigenvalue weighted by Crippen LogP contribution is -2.45. The lowest BCUT2D eigenvalue weighted by atomic mass is 9.98. The predicted molar refractivity (Wildman–Crippen MR) is 165 cm³/mol. The number of halogens is 5. The van der Waals surface area contributed by atoms with Gasteiger partial charge in [0.1, 0.15) is 41.0 Å². The Balaban J connectivity index is 1.77. The van der Waals surface area contributed by atoms with Crippen LogP contribution >= 0.6 is 11.3 Å². The van der Waals surface area contributed by atoms with Crippen molar-refractivity contribution in [3.8, 4) is 34.1 Å². The molecule has 1 amide bonds. The monoisotopic (exact) mass is 718 g/mol. The molecule has 0 unspecified atom stereocenters. The number of aromatic nitrogens is 3. The fourth-order valence-corrected chi connectivity index (χ4v) is 6.56. The number of fused-ring (bicyclic) bond motifs is 2. The van der Waals surface area contributed by atoms with Gasteiger partial charge in [-0.1, -0.05) is 0 Å². The molecule has 0 N–H and O–H groups in total. The SMILES string of the molecule is COCCOc1cc(F)cc(F)c1-c1c(-c2cc3n(n2)[C@@H](C)CN(C(=O)OC(C)(C)C)[C@@H]3C)nc(OS(=O)(=O)C(F)(F)F)c2ccsc12. The molecule has 4 aromatic rings. The number of pyridine rings is 1. The van der Waals surface area contributed by atoms with E-state index >= 15 is 4.39 Å². The second kappa shape index (κ2) is 12.8. The topological polar surface area (TPSA) is 122 Å². The van der Waals surface area contributed by atoms with Crippen LogP contribution in [0.15, 0.2) is 29.6 Å². The molecule has 0 aliphatic carbocycles. The van der Waals surface area contributed by atoms with Gasteiger partial charge in [-0.3, -0.25) is 9.58 Å². The van der Waals surface area contributed by atoms with Crippen molar-refractivity contribution in [2.75, 3.05) is 26.9 Å². The number of nitrogens with zero attached hydrogens (tertiary/aromatic N) is 4. The minimum Gasteiger partial charge on any atom is -0.490 e. The van der Waals surface area contributed by atoms with Crippen LogP contribution in [0.5, 0.6) is 11.6 Å². The Hall–Kier alpha value is -4.03. The maximum atomic E-state index is 15.9. The second-order valence-corrected chi connectivity index (χ2v) is 14.4. The van der Waals surface area contributed by atoms with E-state index in [0.717, 1.165) is 17.4 Å². The van der Waals surface area contributed by atoms with E-state index in [4.69, 9.17) is 14.2 Å². The predicted octanol–water partition coefficient (Wildman–Crippen LogP) is 7.23. The molecule has 3 aromatic heterocycles. The van der Waals surface area contributed by atoms with Crippen LogP contribution < -0.4 is 8.92 Å². The van der Waals surface area contributed by atoms with Gasteiger partial charge in [0.15, 0.2) is 0 Å². The zero-order valence-electron chi connectivity index (χ0n) is 26.5. The zero-order valence-corrected chi connectivity index (χ0v) is 28.1. The highest BCUT2D eigenvalue weighted by Crippen LogP contribution is 2.48. The molecular weight excluding hydrogens is 687 g/mol. The van der Waals surface area contributed by atoms with E-state index in [1.807, 2.05) is 0 Å². The Bertz CT molecular complexity index is 1970. The van der Waals surface area contributed by atoms with Gasteiger partial charge in [0.25, 0.3) is 0 Å². The third-order valence-corrected chi connectivity index (χ3v) is 9.14. The summed E-state index contributed by atoms with van der Waals surface area (Å²) in [6.07, 6.45) is -0.589. The van der Waals surface area contributed by atoms with Gasteiger partial charge in [0.2, 0.25) is 5.88 Å². The van der Waals surface area contributed by atoms with Crippen molar-refractivity contribution in [1.29, 1.82) is 0 Å². The summed E-state index contributed by atoms with van der Waals surface area (Å²) in [5, 5.41) is 5.86. The third kappa shape index (κ3) is 6.78. The normalized spacial score (nSPS) is 17.0. The molecule has 0 bridgehead atoms. The lowest BCUT2D eigenvalue weighted by Gasteiger charge is -2.38. The largest absolute Gasteiger partial charge is 0.534 e. The fourth-order valence-electron chi connectivity index (χ4n) is 5.19. The maximum Gasteiger partial charge on any atom is 0.534 e. The first-order valence-corrected chi connectivity index (χ1v) is 16.7. The highest BCUT2D eigenvalue weighted by molar-refractivity contribution is 7.88. The Morgan fingerprint density at radius 1 is 1.08 bits per heavy atom. The van der Waals surface area contributed by atoms with E-state index in [0.29, 0.717) is 11.8 Å². The van der Waals surface area contributed by atoms with Gasteiger partial charge in [0, 0.05) is 31.4 Å². The van der Waals surface area contributed by atoms with Crippen LogP contribution in [0.3, 0.4) is 0 Å². The van der Waals surface area contributed by atoms with Gasteiger partial charge >= 0.3 is 21.7 Å². The van der Waals surface area contributed by atoms with Crippen molar-refractivity contribution in [1.82, 2.24) is 19.7 Å². The van der Waals surface area contributed by atoms with Crippen LogP contribution in [-0.4, -0.2) is 72.2 Å². The van der Waals surface area contributed by atoms with Crippen LogP contribution in [0.25, 0.3) is 32.6 Å². The van der Waals surface area contributed by atoms with Crippen LogP contribution in [-0.2, 0) is 19.6 Å². The highest BCUT2D eigenvalue weighted by atomic mass is 32.2. The van der Waals surface area contributed by atoms with Gasteiger partial charge in [-0.25, -0.2) is 18.6 Å². The average Bonchev–Trinajstić information content (AvgIpc) is 3.63. The first-order chi connectivity index (χ1) is 22.3. The summed E-state index contributed by atoms with van der Waals surface area (Å²) >= 11 is 0.920. The maximum absolute atomic E-state index is 15.9. The number of hydrogen-bond acceptors (Lipinski definition) is 10. The number of ether oxygens (including phenoxy) is 3. The smallest absolute Gasteiger partial charge is 0.490 e. The molecule has 0 saturated carbocycles. The van der Waals surface area contributed by atoms with Crippen molar-refractivity contribution in [2.24, 2.45) is 0 Å². The molecular formula is C30H31F5N4O7S2. The molecule has 0 fully saturated rings. The van der Waals surface area contributed by atoms with Gasteiger partial charge in [0.05, 0.1) is 40.0 Å². The number of benzene rings is 1. The summed E-state index contributed by atoms with van der Waals surface area (Å²) < 4.78 is 117. The van der Waals surface area contributed by atoms with Crippen molar-refractivity contribution in [3.05, 3.63) is 47.0 Å². The van der Waals surface area contributed by atoms with E-state index in [2.05, 4.69) is 14.3 Å². The first kappa shape index (κ1) is 35.3. The van der Waals surface area contributed by atoms with E-state index in [1.165, 1.54) is 29.5 Å². The first-order valence-electron chi connectivity index (χ1n) is 14.5. The molecule has 0 saturated heterocycles. The van der Waals surface area contributed by atoms with Crippen LogP contribution in [0, 0.1) is 11.6 Å². The highest BCUT2D eigenvalue weighted by Gasteiger charge is 2.49. The summed E-state index contributed by atoms with van der Waals surface area (Å²) in [5.74, 6) is -3.28. The van der Waals surface area contributed by atoms with E-state index in [1.54, 1.807) is 39.3 Å². The summed E-state index contributed by atoms with van der Waals surface area (Å²) in [7, 11) is -4.79. The summed E-state index contributed by atoms with van der Waals surface area (Å²) in [6, 6.07) is 3.22. The molecule has 1 aliphatic rings. The number of amides is 1. The molecule has 18 heteroatoms. The number of methoxy groups -OCH3 is 1. The number of carbonyl (C=O) groups is 1. The van der Waals surface area contributed by atoms with Crippen LogP contribution in [0.4, 0.5) is 26.7 Å². The molecule has 260 valence electrons. The zero-order chi connectivity index (χ0) is 35.3. The summed E-state index contributed by atoms with van der Waals surface area (Å²) in [5.41, 5.74) is -6.80. The minimum absolute atomic E-state index is 0.0270. The third-order valence-electron chi connectivity index (χ3n) is 7.27. The summed E-state index contributed by atoms with van der Waals surface area (Å²) in [4.78, 5) is 18.8. The quantitative estimate of drug-likeness (QED) is 0.0804. The Labute approximate surface area is 276 Å². The van der Waals surface area contributed by atoms with Gasteiger partial charge in [-0.05, 0) is 52.1 Å². The Morgan fingerprint density at radius 3 is 2.44 bits per heavy atom. The molecule has 4 heterocycles. The van der Waals surface area contributed by atoms with E-state index < -0.39 is 56.9 Å².